The van der Waals surface area contributed by atoms with Crippen LogP contribution in [0.15, 0.2) is 35.0 Å². The molecule has 2 aliphatic heterocycles. The molecule has 30 heavy (non-hydrogen) atoms. The van der Waals surface area contributed by atoms with E-state index in [1.807, 2.05) is 27.7 Å². The SMILES string of the molecule is CCC1=C(C)C2=C(c3ccc(F)c(Cl)c3)c3c(C)c(CC)c(C)n3[B-](F)(F)[N+]2=C1C. The maximum atomic E-state index is 16.1. The van der Waals surface area contributed by atoms with Crippen LogP contribution in [0.25, 0.3) is 5.57 Å². The molecule has 158 valence electrons. The van der Waals surface area contributed by atoms with E-state index in [2.05, 4.69) is 0 Å². The molecule has 0 bridgehead atoms. The lowest BCUT2D eigenvalue weighted by Crippen LogP contribution is -2.51. The zero-order valence-electron chi connectivity index (χ0n) is 18.1. The van der Waals surface area contributed by atoms with Crippen LogP contribution in [0.2, 0.25) is 5.02 Å². The summed E-state index contributed by atoms with van der Waals surface area (Å²) in [5, 5.41) is -0.0192. The highest BCUT2D eigenvalue weighted by atomic mass is 35.5. The highest BCUT2D eigenvalue weighted by Crippen LogP contribution is 2.47. The Kier molecular flexibility index (Phi) is 4.85. The van der Waals surface area contributed by atoms with Crippen molar-refractivity contribution in [3.05, 3.63) is 74.0 Å². The maximum Gasteiger partial charge on any atom is 0.737 e. The predicted octanol–water partition coefficient (Wildman–Crippen LogP) is 6.67. The molecule has 0 fully saturated rings. The Balaban J connectivity index is 2.23. The maximum absolute atomic E-state index is 16.1. The fourth-order valence-electron chi connectivity index (χ4n) is 5.40. The molecule has 2 nitrogen and oxygen atoms in total. The van der Waals surface area contributed by atoms with Crippen molar-refractivity contribution in [2.75, 3.05) is 0 Å². The number of halogens is 4. The van der Waals surface area contributed by atoms with Crippen LogP contribution in [0.3, 0.4) is 0 Å². The van der Waals surface area contributed by atoms with Gasteiger partial charge in [0, 0.05) is 23.8 Å². The average Bonchev–Trinajstić information content (AvgIpc) is 3.09. The van der Waals surface area contributed by atoms with E-state index in [0.29, 0.717) is 46.8 Å². The zero-order valence-corrected chi connectivity index (χ0v) is 18.9. The molecule has 0 aliphatic carbocycles. The van der Waals surface area contributed by atoms with Crippen LogP contribution in [0, 0.1) is 19.7 Å². The van der Waals surface area contributed by atoms with Gasteiger partial charge in [-0.15, -0.1) is 0 Å². The third-order valence-electron chi connectivity index (χ3n) is 6.70. The molecule has 3 heterocycles. The summed E-state index contributed by atoms with van der Waals surface area (Å²) in [5.41, 5.74) is 7.03. The van der Waals surface area contributed by atoms with Gasteiger partial charge in [0.25, 0.3) is 0 Å². The molecule has 0 unspecified atom stereocenters. The fraction of sp³-hybridized carbons (Fsp3) is 0.348. The van der Waals surface area contributed by atoms with Crippen molar-refractivity contribution in [1.82, 2.24) is 4.48 Å². The molecular formula is C23H25BClF3N2. The first-order valence-electron chi connectivity index (χ1n) is 10.3. The van der Waals surface area contributed by atoms with Crippen LogP contribution >= 0.6 is 11.6 Å². The Morgan fingerprint density at radius 1 is 1.07 bits per heavy atom. The molecule has 1 aromatic carbocycles. The lowest BCUT2D eigenvalue weighted by Gasteiger charge is -2.34. The third-order valence-corrected chi connectivity index (χ3v) is 6.99. The molecule has 2 aromatic rings. The van der Waals surface area contributed by atoms with E-state index in [1.165, 1.54) is 21.1 Å². The van der Waals surface area contributed by atoms with Gasteiger partial charge in [-0.3, -0.25) is 0 Å². The van der Waals surface area contributed by atoms with E-state index in [4.69, 9.17) is 11.6 Å². The summed E-state index contributed by atoms with van der Waals surface area (Å²) in [4.78, 5) is 0. The zero-order chi connectivity index (χ0) is 22.1. The molecule has 0 amide bonds. The Hall–Kier alpha value is -2.21. The fourth-order valence-corrected chi connectivity index (χ4v) is 5.58. The predicted molar refractivity (Wildman–Crippen MR) is 118 cm³/mol. The standard InChI is InChI=1S/C23H25BClF3N2/c1-7-17-12(3)22-21(16-9-10-20(26)19(25)11-16)23-13(4)18(8-2)15(6)30(23)24(27,28)29(22)14(17)5/h9-11H,7-8H2,1-6H3. The van der Waals surface area contributed by atoms with Crippen LogP contribution in [-0.2, 0) is 6.42 Å². The van der Waals surface area contributed by atoms with E-state index in [1.54, 1.807) is 19.9 Å². The van der Waals surface area contributed by atoms with Gasteiger partial charge in [-0.25, -0.2) is 4.39 Å². The number of rotatable bonds is 3. The molecule has 2 aliphatic rings. The van der Waals surface area contributed by atoms with Crippen LogP contribution < -0.4 is 0 Å². The van der Waals surface area contributed by atoms with Crippen LogP contribution in [0.1, 0.15) is 62.2 Å². The Bertz CT molecular complexity index is 1200. The second-order valence-corrected chi connectivity index (χ2v) is 8.52. The normalized spacial score (nSPS) is 17.8. The van der Waals surface area contributed by atoms with Crippen molar-refractivity contribution >= 4 is 29.9 Å². The molecule has 7 heteroatoms. The minimum atomic E-state index is -4.07. The number of allylic oxidation sites excluding steroid dienone is 2. The van der Waals surface area contributed by atoms with Crippen molar-refractivity contribution in [3.8, 4) is 0 Å². The molecular weight excluding hydrogens is 408 g/mol. The van der Waals surface area contributed by atoms with Crippen molar-refractivity contribution in [2.45, 2.75) is 54.4 Å². The molecule has 0 radical (unpaired) electrons. The summed E-state index contributed by atoms with van der Waals surface area (Å²) in [5.74, 6) is -0.526. The van der Waals surface area contributed by atoms with E-state index in [0.717, 1.165) is 22.3 Å². The smallest absolute Gasteiger partial charge is 0.393 e. The van der Waals surface area contributed by atoms with Gasteiger partial charge in [-0.1, -0.05) is 31.5 Å². The van der Waals surface area contributed by atoms with E-state index < -0.39 is 12.8 Å². The second-order valence-electron chi connectivity index (χ2n) is 8.11. The van der Waals surface area contributed by atoms with Crippen molar-refractivity contribution in [3.63, 3.8) is 0 Å². The largest absolute Gasteiger partial charge is 0.737 e. The minimum Gasteiger partial charge on any atom is -0.393 e. The quantitative estimate of drug-likeness (QED) is 0.479. The van der Waals surface area contributed by atoms with Gasteiger partial charge in [0.15, 0.2) is 5.70 Å². The molecule has 0 atom stereocenters. The summed E-state index contributed by atoms with van der Waals surface area (Å²) in [6.45, 7) is 7.21. The summed E-state index contributed by atoms with van der Waals surface area (Å²) in [7, 11) is 0. The molecule has 0 saturated heterocycles. The lowest BCUT2D eigenvalue weighted by molar-refractivity contribution is -0.363. The minimum absolute atomic E-state index is 0.0192. The van der Waals surface area contributed by atoms with Gasteiger partial charge in [-0.2, -0.15) is 0 Å². The average molecular weight is 433 g/mol. The third kappa shape index (κ3) is 2.55. The summed E-state index contributed by atoms with van der Waals surface area (Å²) >= 11 is 6.10. The van der Waals surface area contributed by atoms with Crippen LogP contribution in [0.4, 0.5) is 13.0 Å². The van der Waals surface area contributed by atoms with Gasteiger partial charge in [0.1, 0.15) is 11.5 Å². The number of aromatic nitrogens is 1. The van der Waals surface area contributed by atoms with Gasteiger partial charge >= 0.3 is 6.97 Å². The Morgan fingerprint density at radius 2 is 1.73 bits per heavy atom. The Labute approximate surface area is 180 Å². The summed E-state index contributed by atoms with van der Waals surface area (Å²) in [6.07, 6.45) is 1.32. The highest BCUT2D eigenvalue weighted by molar-refractivity contribution is 6.58. The second kappa shape index (κ2) is 6.91. The number of nitrogens with zero attached hydrogens (tertiary/aromatic N) is 2. The molecule has 0 spiro atoms. The summed E-state index contributed by atoms with van der Waals surface area (Å²) < 4.78 is 48.5. The molecule has 1 aromatic heterocycles. The summed E-state index contributed by atoms with van der Waals surface area (Å²) in [6, 6.07) is 4.47. The number of hydrogen-bond acceptors (Lipinski definition) is 0. The van der Waals surface area contributed by atoms with Gasteiger partial charge in [-0.05, 0) is 68.1 Å². The van der Waals surface area contributed by atoms with E-state index in [-0.39, 0.29) is 5.02 Å². The first kappa shape index (κ1) is 21.0. The van der Waals surface area contributed by atoms with E-state index in [9.17, 15) is 4.39 Å². The molecule has 4 rings (SSSR count). The lowest BCUT2D eigenvalue weighted by atomic mass is 9.83. The number of fused-ring (bicyclic) bond motifs is 2. The van der Waals surface area contributed by atoms with Gasteiger partial charge in [0.05, 0.1) is 10.6 Å². The first-order valence-corrected chi connectivity index (χ1v) is 10.7. The number of hydrogen-bond donors (Lipinski definition) is 0. The van der Waals surface area contributed by atoms with Gasteiger partial charge in [0.2, 0.25) is 0 Å². The topological polar surface area (TPSA) is 7.94 Å². The molecule has 0 N–H and O–H groups in total. The van der Waals surface area contributed by atoms with E-state index >= 15 is 8.63 Å². The monoisotopic (exact) mass is 432 g/mol. The number of benzene rings is 1. The van der Waals surface area contributed by atoms with Crippen LogP contribution in [-0.4, -0.2) is 21.6 Å². The highest BCUT2D eigenvalue weighted by Gasteiger charge is 2.56. The first-order chi connectivity index (χ1) is 14.1. The Morgan fingerprint density at radius 3 is 2.30 bits per heavy atom. The van der Waals surface area contributed by atoms with Crippen molar-refractivity contribution < 1.29 is 17.5 Å². The molecule has 0 saturated carbocycles. The van der Waals surface area contributed by atoms with Crippen molar-refractivity contribution in [2.24, 2.45) is 0 Å². The van der Waals surface area contributed by atoms with Gasteiger partial charge < -0.3 is 17.6 Å². The van der Waals surface area contributed by atoms with Crippen molar-refractivity contribution in [1.29, 1.82) is 0 Å². The van der Waals surface area contributed by atoms with Crippen LogP contribution in [0.5, 0.6) is 0 Å².